The first kappa shape index (κ1) is 14.9. The number of aromatic nitrogens is 2. The third kappa shape index (κ3) is 2.22. The van der Waals surface area contributed by atoms with Crippen LogP contribution in [0.3, 0.4) is 0 Å². The minimum absolute atomic E-state index is 0.0472. The molecule has 6 nitrogen and oxygen atoms in total. The van der Waals surface area contributed by atoms with E-state index in [2.05, 4.69) is 17.1 Å². The SMILES string of the molecule is Cn1cnc(S(=O)(=O)N2CC3c4ccccc4CCC3(N)C2)c1. The number of aryl methyl sites for hydroxylation is 2. The highest BCUT2D eigenvalue weighted by Crippen LogP contribution is 2.44. The number of nitrogens with two attached hydrogens (primary N) is 1. The first-order valence-electron chi connectivity index (χ1n) is 7.75. The van der Waals surface area contributed by atoms with Gasteiger partial charge in [0.1, 0.15) is 0 Å². The molecule has 1 aromatic heterocycles. The molecule has 1 saturated heterocycles. The maximum absolute atomic E-state index is 12.8. The van der Waals surface area contributed by atoms with Crippen LogP contribution in [0.2, 0.25) is 0 Å². The van der Waals surface area contributed by atoms with Crippen molar-refractivity contribution in [2.24, 2.45) is 12.8 Å². The lowest BCUT2D eigenvalue weighted by Gasteiger charge is -2.36. The molecule has 122 valence electrons. The molecule has 2 unspecified atom stereocenters. The molecular weight excluding hydrogens is 312 g/mol. The van der Waals surface area contributed by atoms with E-state index < -0.39 is 15.6 Å². The zero-order valence-electron chi connectivity index (χ0n) is 13.0. The second-order valence-electron chi connectivity index (χ2n) is 6.66. The lowest BCUT2D eigenvalue weighted by molar-refractivity contribution is 0.357. The van der Waals surface area contributed by atoms with Crippen LogP contribution in [0, 0.1) is 0 Å². The fraction of sp³-hybridized carbons (Fsp3) is 0.438. The van der Waals surface area contributed by atoms with Gasteiger partial charge in [-0.1, -0.05) is 24.3 Å². The van der Waals surface area contributed by atoms with Gasteiger partial charge < -0.3 is 10.3 Å². The van der Waals surface area contributed by atoms with Crippen molar-refractivity contribution in [3.63, 3.8) is 0 Å². The van der Waals surface area contributed by atoms with Gasteiger partial charge in [-0.3, -0.25) is 0 Å². The minimum atomic E-state index is -3.60. The molecule has 0 bridgehead atoms. The van der Waals surface area contributed by atoms with Crippen LogP contribution in [-0.2, 0) is 23.5 Å². The Bertz CT molecular complexity index is 860. The third-order valence-electron chi connectivity index (χ3n) is 5.13. The van der Waals surface area contributed by atoms with Crippen molar-refractivity contribution in [2.75, 3.05) is 13.1 Å². The standard InChI is InChI=1S/C16H20N4O2S/c1-19-9-15(18-11-19)23(21,22)20-8-14-13-5-3-2-4-12(13)6-7-16(14,17)10-20/h2-5,9,11,14H,6-8,10,17H2,1H3. The Balaban J connectivity index is 1.71. The van der Waals surface area contributed by atoms with Crippen molar-refractivity contribution >= 4 is 10.0 Å². The highest BCUT2D eigenvalue weighted by molar-refractivity contribution is 7.89. The van der Waals surface area contributed by atoms with Crippen LogP contribution in [0.15, 0.2) is 41.8 Å². The predicted octanol–water partition coefficient (Wildman–Crippen LogP) is 0.852. The summed E-state index contributed by atoms with van der Waals surface area (Å²) in [7, 11) is -1.84. The molecule has 7 heteroatoms. The van der Waals surface area contributed by atoms with Gasteiger partial charge in [0.2, 0.25) is 0 Å². The molecule has 1 fully saturated rings. The van der Waals surface area contributed by atoms with E-state index >= 15 is 0 Å². The summed E-state index contributed by atoms with van der Waals surface area (Å²) < 4.78 is 28.8. The maximum Gasteiger partial charge on any atom is 0.262 e. The van der Waals surface area contributed by atoms with E-state index in [1.54, 1.807) is 11.6 Å². The quantitative estimate of drug-likeness (QED) is 0.884. The Morgan fingerprint density at radius 3 is 2.87 bits per heavy atom. The Kier molecular flexibility index (Phi) is 3.16. The molecule has 2 atom stereocenters. The van der Waals surface area contributed by atoms with Crippen molar-refractivity contribution in [1.29, 1.82) is 0 Å². The number of fused-ring (bicyclic) bond motifs is 3. The lowest BCUT2D eigenvalue weighted by Crippen LogP contribution is -2.49. The van der Waals surface area contributed by atoms with E-state index in [-0.39, 0.29) is 10.9 Å². The first-order valence-corrected chi connectivity index (χ1v) is 9.19. The topological polar surface area (TPSA) is 81.2 Å². The average Bonchev–Trinajstić information content (AvgIpc) is 3.11. The number of nitrogens with zero attached hydrogens (tertiary/aromatic N) is 3. The Labute approximate surface area is 136 Å². The molecule has 2 N–H and O–H groups in total. The van der Waals surface area contributed by atoms with Crippen LogP contribution in [-0.4, -0.2) is 40.9 Å². The van der Waals surface area contributed by atoms with Gasteiger partial charge in [-0.15, -0.1) is 0 Å². The Hall–Kier alpha value is -1.70. The summed E-state index contributed by atoms with van der Waals surface area (Å²) in [5.41, 5.74) is 8.61. The molecule has 0 saturated carbocycles. The van der Waals surface area contributed by atoms with Gasteiger partial charge in [0.15, 0.2) is 5.03 Å². The monoisotopic (exact) mass is 332 g/mol. The number of hydrogen-bond acceptors (Lipinski definition) is 4. The second-order valence-corrected chi connectivity index (χ2v) is 8.54. The van der Waals surface area contributed by atoms with Gasteiger partial charge in [0, 0.05) is 37.8 Å². The normalized spacial score (nSPS) is 27.7. The van der Waals surface area contributed by atoms with Gasteiger partial charge in [-0.25, -0.2) is 13.4 Å². The Morgan fingerprint density at radius 2 is 2.13 bits per heavy atom. The molecule has 2 heterocycles. The van der Waals surface area contributed by atoms with Gasteiger partial charge in [-0.2, -0.15) is 4.31 Å². The summed E-state index contributed by atoms with van der Waals surface area (Å²) in [6, 6.07) is 8.22. The second kappa shape index (κ2) is 4.90. The molecule has 2 aliphatic rings. The highest BCUT2D eigenvalue weighted by atomic mass is 32.2. The summed E-state index contributed by atoms with van der Waals surface area (Å²) in [6.07, 6.45) is 4.75. The molecule has 0 spiro atoms. The fourth-order valence-corrected chi connectivity index (χ4v) is 5.36. The van der Waals surface area contributed by atoms with Crippen LogP contribution in [0.25, 0.3) is 0 Å². The van der Waals surface area contributed by atoms with Crippen molar-refractivity contribution in [3.05, 3.63) is 47.9 Å². The van der Waals surface area contributed by atoms with Crippen molar-refractivity contribution < 1.29 is 8.42 Å². The number of benzene rings is 1. The molecule has 1 aliphatic heterocycles. The van der Waals surface area contributed by atoms with Crippen molar-refractivity contribution in [2.45, 2.75) is 29.3 Å². The van der Waals surface area contributed by atoms with E-state index in [0.717, 1.165) is 12.8 Å². The van der Waals surface area contributed by atoms with Crippen LogP contribution >= 0.6 is 0 Å². The molecular formula is C16H20N4O2S. The summed E-state index contributed by atoms with van der Waals surface area (Å²) in [5.74, 6) is 0.0472. The summed E-state index contributed by atoms with van der Waals surface area (Å²) in [5, 5.41) is 0.0931. The predicted molar refractivity (Wildman–Crippen MR) is 86.4 cm³/mol. The summed E-state index contributed by atoms with van der Waals surface area (Å²) in [6.45, 7) is 0.775. The zero-order valence-corrected chi connectivity index (χ0v) is 13.8. The molecule has 0 radical (unpaired) electrons. The maximum atomic E-state index is 12.8. The smallest absolute Gasteiger partial charge is 0.262 e. The van der Waals surface area contributed by atoms with Crippen molar-refractivity contribution in [1.82, 2.24) is 13.9 Å². The van der Waals surface area contributed by atoms with Crippen LogP contribution in [0.5, 0.6) is 0 Å². The largest absolute Gasteiger partial charge is 0.339 e. The summed E-state index contributed by atoms with van der Waals surface area (Å²) in [4.78, 5) is 4.01. The van der Waals surface area contributed by atoms with Crippen LogP contribution < -0.4 is 5.73 Å². The summed E-state index contributed by atoms with van der Waals surface area (Å²) >= 11 is 0. The average molecular weight is 332 g/mol. The molecule has 4 rings (SSSR count). The minimum Gasteiger partial charge on any atom is -0.339 e. The van der Waals surface area contributed by atoms with Gasteiger partial charge in [0.05, 0.1) is 6.33 Å². The zero-order chi connectivity index (χ0) is 16.2. The molecule has 23 heavy (non-hydrogen) atoms. The van der Waals surface area contributed by atoms with Gasteiger partial charge >= 0.3 is 0 Å². The van der Waals surface area contributed by atoms with E-state index in [4.69, 9.17) is 5.73 Å². The third-order valence-corrected chi connectivity index (χ3v) is 6.82. The van der Waals surface area contributed by atoms with Crippen molar-refractivity contribution in [3.8, 4) is 0 Å². The van der Waals surface area contributed by atoms with E-state index in [9.17, 15) is 8.42 Å². The number of rotatable bonds is 2. The highest BCUT2D eigenvalue weighted by Gasteiger charge is 2.50. The van der Waals surface area contributed by atoms with E-state index in [0.29, 0.717) is 13.1 Å². The Morgan fingerprint density at radius 1 is 1.35 bits per heavy atom. The molecule has 1 aliphatic carbocycles. The molecule has 2 aromatic rings. The van der Waals surface area contributed by atoms with Crippen LogP contribution in [0.1, 0.15) is 23.5 Å². The van der Waals surface area contributed by atoms with E-state index in [1.165, 1.54) is 28.0 Å². The first-order chi connectivity index (χ1) is 10.9. The molecule has 1 aromatic carbocycles. The number of imidazole rings is 1. The van der Waals surface area contributed by atoms with Gasteiger partial charge in [-0.05, 0) is 24.0 Å². The van der Waals surface area contributed by atoms with Crippen LogP contribution in [0.4, 0.5) is 0 Å². The number of hydrogen-bond donors (Lipinski definition) is 1. The molecule has 0 amide bonds. The number of sulfonamides is 1. The van der Waals surface area contributed by atoms with E-state index in [1.807, 2.05) is 12.1 Å². The lowest BCUT2D eigenvalue weighted by atomic mass is 9.72. The fourth-order valence-electron chi connectivity index (χ4n) is 3.86. The van der Waals surface area contributed by atoms with Gasteiger partial charge in [0.25, 0.3) is 10.0 Å².